The maximum Gasteiger partial charge on any atom is 0.139 e. The molecule has 0 nitrogen and oxygen atoms in total. The van der Waals surface area contributed by atoms with Crippen molar-refractivity contribution < 1.29 is 0 Å². The zero-order valence-corrected chi connectivity index (χ0v) is 7.55. The summed E-state index contributed by atoms with van der Waals surface area (Å²) in [6.45, 7) is 0. The van der Waals surface area contributed by atoms with E-state index >= 15 is 0 Å². The fourth-order valence-electron chi connectivity index (χ4n) is 0.760. The first-order valence-corrected chi connectivity index (χ1v) is 4.47. The Morgan fingerprint density at radius 1 is 1.33 bits per heavy atom. The molecule has 0 N–H and O–H groups in total. The van der Waals surface area contributed by atoms with Gasteiger partial charge in [0.05, 0.1) is 0 Å². The Bertz CT molecular complexity index is 198. The van der Waals surface area contributed by atoms with Gasteiger partial charge in [-0.15, -0.1) is 0 Å². The second-order valence-electron chi connectivity index (χ2n) is 2.06. The van der Waals surface area contributed by atoms with Crippen molar-refractivity contribution >= 4 is 35.9 Å². The third-order valence-corrected chi connectivity index (χ3v) is 2.23. The number of hydrogen-bond donors (Lipinski definition) is 0. The summed E-state index contributed by atoms with van der Waals surface area (Å²) in [5.74, 6) is 0. The summed E-state index contributed by atoms with van der Waals surface area (Å²) in [5.41, 5.74) is 2.84. The first kappa shape index (κ1) is 7.13. The second kappa shape index (κ2) is 3.25. The number of rotatable bonds is 1. The lowest BCUT2D eigenvalue weighted by Crippen LogP contribution is -2.06. The molecule has 1 rings (SSSR count). The molecule has 46 valence electrons. The summed E-state index contributed by atoms with van der Waals surface area (Å²) in [6.07, 6.45) is 0. The van der Waals surface area contributed by atoms with Gasteiger partial charge in [0.15, 0.2) is 0 Å². The zero-order valence-electron chi connectivity index (χ0n) is 5.39. The average molecular weight is 230 g/mol. The van der Waals surface area contributed by atoms with E-state index in [-0.39, 0.29) is 0 Å². The average Bonchev–Trinajstić information content (AvgIpc) is 1.89. The summed E-state index contributed by atoms with van der Waals surface area (Å²) in [4.78, 5) is 0. The van der Waals surface area contributed by atoms with Crippen LogP contribution in [-0.2, 0) is 4.43 Å². The monoisotopic (exact) mass is 230 g/mol. The van der Waals surface area contributed by atoms with Crippen molar-refractivity contribution in [2.75, 3.05) is 0 Å². The summed E-state index contributed by atoms with van der Waals surface area (Å²) in [7, 11) is 2.15. The van der Waals surface area contributed by atoms with Crippen molar-refractivity contribution in [1.29, 1.82) is 0 Å². The van der Waals surface area contributed by atoms with Gasteiger partial charge in [0, 0.05) is 4.43 Å². The highest BCUT2D eigenvalue weighted by Gasteiger charge is 1.90. The van der Waals surface area contributed by atoms with E-state index in [4.69, 9.17) is 0 Å². The Kier molecular flexibility index (Phi) is 2.57. The Balaban J connectivity index is 3.01. The van der Waals surface area contributed by atoms with Gasteiger partial charge in [0.1, 0.15) is 7.85 Å². The standard InChI is InChI=1S/C7H8BI/c8-7-4-2-1-3-6(7)5-9/h1-4H,5,8H2. The summed E-state index contributed by atoms with van der Waals surface area (Å²) in [5, 5.41) is 0. The van der Waals surface area contributed by atoms with Crippen LogP contribution in [0, 0.1) is 0 Å². The molecule has 1 aromatic carbocycles. The van der Waals surface area contributed by atoms with E-state index in [0.717, 1.165) is 4.43 Å². The molecule has 0 amide bonds. The Labute approximate surface area is 70.2 Å². The number of halogens is 1. The first-order chi connectivity index (χ1) is 4.34. The summed E-state index contributed by atoms with van der Waals surface area (Å²) >= 11 is 2.38. The summed E-state index contributed by atoms with van der Waals surface area (Å²) < 4.78 is 1.12. The minimum atomic E-state index is 1.12. The molecule has 0 saturated heterocycles. The van der Waals surface area contributed by atoms with E-state index in [2.05, 4.69) is 54.7 Å². The van der Waals surface area contributed by atoms with Gasteiger partial charge in [0.25, 0.3) is 0 Å². The second-order valence-corrected chi connectivity index (χ2v) is 2.82. The highest BCUT2D eigenvalue weighted by Crippen LogP contribution is 2.00. The minimum absolute atomic E-state index is 1.12. The molecule has 0 unspecified atom stereocenters. The predicted octanol–water partition coefficient (Wildman–Crippen LogP) is 0.880. The highest BCUT2D eigenvalue weighted by molar-refractivity contribution is 14.1. The molecule has 0 aliphatic carbocycles. The lowest BCUT2D eigenvalue weighted by molar-refractivity contribution is 1.50. The van der Waals surface area contributed by atoms with Crippen LogP contribution in [0.2, 0.25) is 0 Å². The molecule has 0 aliphatic heterocycles. The normalized spacial score (nSPS) is 9.44. The minimum Gasteiger partial charge on any atom is -0.0851 e. The number of alkyl halides is 1. The maximum atomic E-state index is 2.38. The number of hydrogen-bond acceptors (Lipinski definition) is 0. The van der Waals surface area contributed by atoms with Gasteiger partial charge in [-0.3, -0.25) is 0 Å². The Morgan fingerprint density at radius 3 is 2.44 bits per heavy atom. The fourth-order valence-corrected chi connectivity index (χ4v) is 1.62. The van der Waals surface area contributed by atoms with Crippen molar-refractivity contribution in [1.82, 2.24) is 0 Å². The lowest BCUT2D eigenvalue weighted by atomic mass is 9.92. The molecule has 0 fully saturated rings. The van der Waals surface area contributed by atoms with Crippen LogP contribution in [0.3, 0.4) is 0 Å². The van der Waals surface area contributed by atoms with Crippen LogP contribution < -0.4 is 5.46 Å². The van der Waals surface area contributed by atoms with E-state index in [0.29, 0.717) is 0 Å². The molecule has 1 aromatic rings. The lowest BCUT2D eigenvalue weighted by Gasteiger charge is -1.97. The molecule has 0 spiro atoms. The van der Waals surface area contributed by atoms with Crippen LogP contribution in [0.4, 0.5) is 0 Å². The largest absolute Gasteiger partial charge is 0.139 e. The molecule has 0 aliphatic rings. The quantitative estimate of drug-likeness (QED) is 0.381. The highest BCUT2D eigenvalue weighted by atomic mass is 127. The Morgan fingerprint density at radius 2 is 2.00 bits per heavy atom. The van der Waals surface area contributed by atoms with Crippen molar-refractivity contribution in [2.45, 2.75) is 4.43 Å². The first-order valence-electron chi connectivity index (χ1n) is 2.95. The molecular formula is C7H8BI. The summed E-state index contributed by atoms with van der Waals surface area (Å²) in [6, 6.07) is 8.47. The van der Waals surface area contributed by atoms with E-state index in [1.54, 1.807) is 0 Å². The molecule has 0 atom stereocenters. The molecule has 0 aromatic heterocycles. The smallest absolute Gasteiger partial charge is 0.0851 e. The molecule has 0 saturated carbocycles. The van der Waals surface area contributed by atoms with Gasteiger partial charge >= 0.3 is 0 Å². The third kappa shape index (κ3) is 1.71. The zero-order chi connectivity index (χ0) is 6.69. The molecule has 0 heterocycles. The van der Waals surface area contributed by atoms with Gasteiger partial charge < -0.3 is 0 Å². The predicted molar refractivity (Wildman–Crippen MR) is 52.3 cm³/mol. The van der Waals surface area contributed by atoms with E-state index < -0.39 is 0 Å². The Hall–Kier alpha value is 0.0149. The van der Waals surface area contributed by atoms with Crippen LogP contribution in [-0.4, -0.2) is 7.85 Å². The fraction of sp³-hybridized carbons (Fsp3) is 0.143. The topological polar surface area (TPSA) is 0 Å². The van der Waals surface area contributed by atoms with Crippen LogP contribution in [0.1, 0.15) is 5.56 Å². The van der Waals surface area contributed by atoms with Gasteiger partial charge in [-0.1, -0.05) is 52.3 Å². The third-order valence-electron chi connectivity index (χ3n) is 1.41. The number of benzene rings is 1. The molecular weight excluding hydrogens is 222 g/mol. The van der Waals surface area contributed by atoms with Crippen molar-refractivity contribution in [3.8, 4) is 0 Å². The molecule has 0 radical (unpaired) electrons. The van der Waals surface area contributed by atoms with Crippen LogP contribution in [0.5, 0.6) is 0 Å². The molecule has 2 heteroatoms. The SMILES string of the molecule is Bc1ccccc1CI. The van der Waals surface area contributed by atoms with Crippen LogP contribution in [0.25, 0.3) is 0 Å². The van der Waals surface area contributed by atoms with E-state index in [1.165, 1.54) is 11.0 Å². The van der Waals surface area contributed by atoms with Gasteiger partial charge in [-0.2, -0.15) is 0 Å². The molecule has 0 bridgehead atoms. The molecule has 9 heavy (non-hydrogen) atoms. The van der Waals surface area contributed by atoms with Crippen LogP contribution in [0.15, 0.2) is 24.3 Å². The van der Waals surface area contributed by atoms with Crippen molar-refractivity contribution in [2.24, 2.45) is 0 Å². The van der Waals surface area contributed by atoms with E-state index in [1.807, 2.05) is 0 Å². The maximum absolute atomic E-state index is 2.38. The van der Waals surface area contributed by atoms with Gasteiger partial charge in [0.2, 0.25) is 0 Å². The van der Waals surface area contributed by atoms with Crippen molar-refractivity contribution in [3.63, 3.8) is 0 Å². The van der Waals surface area contributed by atoms with Crippen LogP contribution >= 0.6 is 22.6 Å². The van der Waals surface area contributed by atoms with Crippen molar-refractivity contribution in [3.05, 3.63) is 29.8 Å². The van der Waals surface area contributed by atoms with Gasteiger partial charge in [-0.05, 0) is 5.56 Å². The van der Waals surface area contributed by atoms with Gasteiger partial charge in [-0.25, -0.2) is 0 Å². The van der Waals surface area contributed by atoms with E-state index in [9.17, 15) is 0 Å².